The minimum atomic E-state index is -4.92. The molecule has 88 valence electrons. The number of carbonyl (C=O) groups is 1. The molecule has 0 aliphatic heterocycles. The first-order valence-corrected chi connectivity index (χ1v) is 4.01. The Bertz CT molecular complexity index is 414. The Balaban J connectivity index is 3.41. The van der Waals surface area contributed by atoms with Crippen molar-refractivity contribution < 1.29 is 32.6 Å². The van der Waals surface area contributed by atoms with E-state index in [9.17, 15) is 22.4 Å². The zero-order valence-electron chi connectivity index (χ0n) is 7.62. The standard InChI is InChI=1S/C9H6F4O3/c10-5-3-1-2-4(9(11,12)13)6(5)7(14)8(15)16/h1-3,7,14H,(H,15,16). The molecule has 0 spiro atoms. The average molecular weight is 238 g/mol. The highest BCUT2D eigenvalue weighted by Crippen LogP contribution is 2.35. The van der Waals surface area contributed by atoms with Gasteiger partial charge < -0.3 is 10.2 Å². The summed E-state index contributed by atoms with van der Waals surface area (Å²) in [5.74, 6) is -3.36. The summed E-state index contributed by atoms with van der Waals surface area (Å²) < 4.78 is 50.2. The van der Waals surface area contributed by atoms with E-state index in [1.54, 1.807) is 0 Å². The van der Waals surface area contributed by atoms with Gasteiger partial charge in [-0.2, -0.15) is 13.2 Å². The average Bonchev–Trinajstić information content (AvgIpc) is 2.14. The second-order valence-corrected chi connectivity index (χ2v) is 2.94. The molecule has 0 fully saturated rings. The van der Waals surface area contributed by atoms with Crippen LogP contribution in [0.3, 0.4) is 0 Å². The van der Waals surface area contributed by atoms with E-state index in [-0.39, 0.29) is 0 Å². The monoisotopic (exact) mass is 238 g/mol. The smallest absolute Gasteiger partial charge is 0.416 e. The molecule has 1 rings (SSSR count). The zero-order valence-corrected chi connectivity index (χ0v) is 7.62. The lowest BCUT2D eigenvalue weighted by molar-refractivity contribution is -0.149. The molecule has 1 atom stereocenters. The lowest BCUT2D eigenvalue weighted by Gasteiger charge is -2.15. The van der Waals surface area contributed by atoms with E-state index in [2.05, 4.69) is 0 Å². The van der Waals surface area contributed by atoms with Gasteiger partial charge in [0.25, 0.3) is 0 Å². The molecule has 0 saturated carbocycles. The molecule has 2 N–H and O–H groups in total. The van der Waals surface area contributed by atoms with Crippen LogP contribution in [0.4, 0.5) is 17.6 Å². The molecule has 1 aromatic carbocycles. The maximum absolute atomic E-state index is 13.1. The molecule has 0 heterocycles. The maximum atomic E-state index is 13.1. The molecule has 0 amide bonds. The van der Waals surface area contributed by atoms with Crippen LogP contribution in [0.15, 0.2) is 18.2 Å². The van der Waals surface area contributed by atoms with Gasteiger partial charge in [0.15, 0.2) is 6.10 Å². The van der Waals surface area contributed by atoms with Crippen molar-refractivity contribution in [1.82, 2.24) is 0 Å². The number of halogens is 4. The Morgan fingerprint density at radius 3 is 2.31 bits per heavy atom. The summed E-state index contributed by atoms with van der Waals surface area (Å²) in [6.07, 6.45) is -7.47. The summed E-state index contributed by atoms with van der Waals surface area (Å²) >= 11 is 0. The Morgan fingerprint density at radius 2 is 1.88 bits per heavy atom. The second-order valence-electron chi connectivity index (χ2n) is 2.94. The number of hydrogen-bond donors (Lipinski definition) is 2. The number of hydrogen-bond acceptors (Lipinski definition) is 2. The highest BCUT2D eigenvalue weighted by molar-refractivity contribution is 5.74. The van der Waals surface area contributed by atoms with Gasteiger partial charge in [-0.1, -0.05) is 6.07 Å². The van der Waals surface area contributed by atoms with E-state index >= 15 is 0 Å². The minimum Gasteiger partial charge on any atom is -0.479 e. The normalized spacial score (nSPS) is 13.6. The molecule has 0 aliphatic carbocycles. The summed E-state index contributed by atoms with van der Waals surface area (Å²) in [4.78, 5) is 10.3. The third-order valence-electron chi connectivity index (χ3n) is 1.87. The Hall–Kier alpha value is -1.63. The van der Waals surface area contributed by atoms with Gasteiger partial charge in [-0.05, 0) is 12.1 Å². The van der Waals surface area contributed by atoms with Crippen LogP contribution in [0.5, 0.6) is 0 Å². The lowest BCUT2D eigenvalue weighted by Crippen LogP contribution is -2.19. The molecule has 1 unspecified atom stereocenters. The van der Waals surface area contributed by atoms with Crippen LogP contribution in [0, 0.1) is 5.82 Å². The number of aliphatic hydroxyl groups is 1. The molecule has 3 nitrogen and oxygen atoms in total. The Labute approximate surface area is 86.9 Å². The summed E-state index contributed by atoms with van der Waals surface area (Å²) in [7, 11) is 0. The maximum Gasteiger partial charge on any atom is 0.416 e. The number of rotatable bonds is 2. The summed E-state index contributed by atoms with van der Waals surface area (Å²) in [5.41, 5.74) is -2.77. The lowest BCUT2D eigenvalue weighted by atomic mass is 10.0. The molecule has 0 radical (unpaired) electrons. The van der Waals surface area contributed by atoms with Crippen molar-refractivity contribution in [2.45, 2.75) is 12.3 Å². The van der Waals surface area contributed by atoms with Crippen LogP contribution >= 0.6 is 0 Å². The number of benzene rings is 1. The van der Waals surface area contributed by atoms with Gasteiger partial charge in [0, 0.05) is 5.56 Å². The van der Waals surface area contributed by atoms with Crippen molar-refractivity contribution in [1.29, 1.82) is 0 Å². The molecule has 0 aliphatic rings. The number of alkyl halides is 3. The minimum absolute atomic E-state index is 0.505. The van der Waals surface area contributed by atoms with E-state index in [1.165, 1.54) is 0 Å². The van der Waals surface area contributed by atoms with Crippen LogP contribution in [0.2, 0.25) is 0 Å². The molecular weight excluding hydrogens is 232 g/mol. The number of aliphatic carboxylic acids is 1. The van der Waals surface area contributed by atoms with Crippen LogP contribution in [0.25, 0.3) is 0 Å². The summed E-state index contributed by atoms with van der Waals surface area (Å²) in [6.45, 7) is 0. The molecule has 0 saturated heterocycles. The van der Waals surface area contributed by atoms with Crippen molar-refractivity contribution in [3.8, 4) is 0 Å². The van der Waals surface area contributed by atoms with E-state index in [0.29, 0.717) is 12.1 Å². The van der Waals surface area contributed by atoms with Crippen molar-refractivity contribution in [2.75, 3.05) is 0 Å². The molecule has 7 heteroatoms. The number of carboxylic acid groups (broad SMARTS) is 1. The fourth-order valence-electron chi connectivity index (χ4n) is 1.19. The third-order valence-corrected chi connectivity index (χ3v) is 1.87. The molecule has 1 aromatic rings. The van der Waals surface area contributed by atoms with Gasteiger partial charge in [0.05, 0.1) is 5.56 Å². The summed E-state index contributed by atoms with van der Waals surface area (Å²) in [5, 5.41) is 17.3. The van der Waals surface area contributed by atoms with Gasteiger partial charge in [-0.15, -0.1) is 0 Å². The van der Waals surface area contributed by atoms with Crippen molar-refractivity contribution in [3.05, 3.63) is 35.1 Å². The van der Waals surface area contributed by atoms with Crippen molar-refractivity contribution in [3.63, 3.8) is 0 Å². The molecule has 16 heavy (non-hydrogen) atoms. The predicted octanol–water partition coefficient (Wildman–Crippen LogP) is 1.96. The molecule has 0 aromatic heterocycles. The van der Waals surface area contributed by atoms with E-state index in [1.807, 2.05) is 0 Å². The quantitative estimate of drug-likeness (QED) is 0.774. The Kier molecular flexibility index (Phi) is 3.18. The van der Waals surface area contributed by atoms with Crippen LogP contribution in [-0.2, 0) is 11.0 Å². The largest absolute Gasteiger partial charge is 0.479 e. The first kappa shape index (κ1) is 12.4. The van der Waals surface area contributed by atoms with Gasteiger partial charge in [0.1, 0.15) is 5.82 Å². The molecular formula is C9H6F4O3. The third kappa shape index (κ3) is 2.30. The number of aliphatic hydroxyl groups excluding tert-OH is 1. The predicted molar refractivity (Wildman–Crippen MR) is 44.0 cm³/mol. The SMILES string of the molecule is O=C(O)C(O)c1c(F)cccc1C(F)(F)F. The fourth-order valence-corrected chi connectivity index (χ4v) is 1.19. The van der Waals surface area contributed by atoms with Gasteiger partial charge in [-0.3, -0.25) is 0 Å². The van der Waals surface area contributed by atoms with Gasteiger partial charge in [-0.25, -0.2) is 9.18 Å². The van der Waals surface area contributed by atoms with Crippen LogP contribution in [0.1, 0.15) is 17.2 Å². The second kappa shape index (κ2) is 4.09. The number of carboxylic acids is 1. The zero-order chi connectivity index (χ0) is 12.5. The van der Waals surface area contributed by atoms with Crippen LogP contribution in [-0.4, -0.2) is 16.2 Å². The van der Waals surface area contributed by atoms with Gasteiger partial charge in [0.2, 0.25) is 0 Å². The van der Waals surface area contributed by atoms with Gasteiger partial charge >= 0.3 is 12.1 Å². The fraction of sp³-hybridized carbons (Fsp3) is 0.222. The van der Waals surface area contributed by atoms with Crippen molar-refractivity contribution in [2.24, 2.45) is 0 Å². The highest BCUT2D eigenvalue weighted by atomic mass is 19.4. The first-order chi connectivity index (χ1) is 7.25. The Morgan fingerprint density at radius 1 is 1.31 bits per heavy atom. The topological polar surface area (TPSA) is 57.5 Å². The van der Waals surface area contributed by atoms with E-state index < -0.39 is 35.2 Å². The summed E-state index contributed by atoms with van der Waals surface area (Å²) in [6, 6.07) is 1.94. The van der Waals surface area contributed by atoms with Crippen molar-refractivity contribution >= 4 is 5.97 Å². The first-order valence-electron chi connectivity index (χ1n) is 4.01. The molecule has 0 bridgehead atoms. The van der Waals surface area contributed by atoms with Crippen LogP contribution < -0.4 is 0 Å². The van der Waals surface area contributed by atoms with E-state index in [0.717, 1.165) is 6.07 Å². The van der Waals surface area contributed by atoms with E-state index in [4.69, 9.17) is 10.2 Å². The highest BCUT2D eigenvalue weighted by Gasteiger charge is 2.38.